The molecule has 0 bridgehead atoms. The van der Waals surface area contributed by atoms with E-state index in [0.29, 0.717) is 24.9 Å². The van der Waals surface area contributed by atoms with Crippen molar-refractivity contribution in [1.82, 2.24) is 4.90 Å². The van der Waals surface area contributed by atoms with Crippen LogP contribution in [0.25, 0.3) is 6.08 Å². The summed E-state index contributed by atoms with van der Waals surface area (Å²) >= 11 is 0. The Morgan fingerprint density at radius 3 is 2.56 bits per heavy atom. The zero-order valence-electron chi connectivity index (χ0n) is 15.4. The van der Waals surface area contributed by atoms with Gasteiger partial charge >= 0.3 is 6.09 Å². The highest BCUT2D eigenvalue weighted by atomic mass is 16.6. The summed E-state index contributed by atoms with van der Waals surface area (Å²) in [5, 5.41) is 0. The SMILES string of the molecule is C=CC[C@]1(C(=O)c2ccccc2C=C)CCCN1C(=O)OC(C)(C)C. The Morgan fingerprint density at radius 1 is 1.28 bits per heavy atom. The predicted octanol–water partition coefficient (Wildman–Crippen LogP) is 4.86. The van der Waals surface area contributed by atoms with Crippen molar-refractivity contribution in [2.75, 3.05) is 6.54 Å². The maximum absolute atomic E-state index is 13.5. The van der Waals surface area contributed by atoms with Crippen LogP contribution in [0, 0.1) is 0 Å². The minimum atomic E-state index is -0.941. The van der Waals surface area contributed by atoms with Gasteiger partial charge in [0, 0.05) is 12.1 Å². The van der Waals surface area contributed by atoms with Gasteiger partial charge in [-0.15, -0.1) is 6.58 Å². The van der Waals surface area contributed by atoms with Crippen LogP contribution in [0.4, 0.5) is 4.79 Å². The van der Waals surface area contributed by atoms with E-state index < -0.39 is 17.2 Å². The fourth-order valence-corrected chi connectivity index (χ4v) is 3.37. The molecule has 0 radical (unpaired) electrons. The lowest BCUT2D eigenvalue weighted by molar-refractivity contribution is 0.00912. The molecule has 2 rings (SSSR count). The summed E-state index contributed by atoms with van der Waals surface area (Å²) in [6.45, 7) is 13.6. The molecule has 0 aromatic heterocycles. The quantitative estimate of drug-likeness (QED) is 0.568. The Labute approximate surface area is 150 Å². The average molecular weight is 341 g/mol. The average Bonchev–Trinajstić information content (AvgIpc) is 2.98. The predicted molar refractivity (Wildman–Crippen MR) is 101 cm³/mol. The maximum atomic E-state index is 13.5. The smallest absolute Gasteiger partial charge is 0.411 e. The van der Waals surface area contributed by atoms with Gasteiger partial charge in [0.05, 0.1) is 0 Å². The first-order valence-electron chi connectivity index (χ1n) is 8.63. The highest BCUT2D eigenvalue weighted by Gasteiger charge is 2.50. The summed E-state index contributed by atoms with van der Waals surface area (Å²) in [5.74, 6) is -0.0775. The van der Waals surface area contributed by atoms with E-state index >= 15 is 0 Å². The van der Waals surface area contributed by atoms with Crippen LogP contribution in [0.1, 0.15) is 56.0 Å². The second-order valence-electron chi connectivity index (χ2n) is 7.38. The van der Waals surface area contributed by atoms with E-state index in [9.17, 15) is 9.59 Å². The van der Waals surface area contributed by atoms with Crippen molar-refractivity contribution in [1.29, 1.82) is 0 Å². The number of rotatable bonds is 5. The first kappa shape index (κ1) is 19.0. The summed E-state index contributed by atoms with van der Waals surface area (Å²) in [6.07, 6.45) is 4.68. The lowest BCUT2D eigenvalue weighted by atomic mass is 9.82. The van der Waals surface area contributed by atoms with Crippen LogP contribution in [-0.4, -0.2) is 34.5 Å². The third-order valence-electron chi connectivity index (χ3n) is 4.43. The topological polar surface area (TPSA) is 46.6 Å². The highest BCUT2D eigenvalue weighted by molar-refractivity contribution is 6.07. The highest BCUT2D eigenvalue weighted by Crippen LogP contribution is 2.38. The maximum Gasteiger partial charge on any atom is 0.411 e. The molecule has 0 N–H and O–H groups in total. The van der Waals surface area contributed by atoms with Crippen molar-refractivity contribution >= 4 is 18.0 Å². The van der Waals surface area contributed by atoms with Crippen LogP contribution in [0.3, 0.4) is 0 Å². The number of benzene rings is 1. The van der Waals surface area contributed by atoms with Gasteiger partial charge in [-0.2, -0.15) is 0 Å². The monoisotopic (exact) mass is 341 g/mol. The molecule has 134 valence electrons. The van der Waals surface area contributed by atoms with E-state index in [-0.39, 0.29) is 5.78 Å². The fourth-order valence-electron chi connectivity index (χ4n) is 3.37. The summed E-state index contributed by atoms with van der Waals surface area (Å²) in [4.78, 5) is 27.8. The molecule has 1 aliphatic rings. The Hall–Kier alpha value is -2.36. The first-order valence-corrected chi connectivity index (χ1v) is 8.63. The molecule has 0 unspecified atom stereocenters. The van der Waals surface area contributed by atoms with Crippen LogP contribution in [0.5, 0.6) is 0 Å². The third-order valence-corrected chi connectivity index (χ3v) is 4.43. The number of amides is 1. The molecule has 1 amide bonds. The summed E-state index contributed by atoms with van der Waals surface area (Å²) in [6, 6.07) is 7.34. The molecule has 1 fully saturated rings. The van der Waals surface area contributed by atoms with Crippen molar-refractivity contribution in [3.8, 4) is 0 Å². The summed E-state index contributed by atoms with van der Waals surface area (Å²) < 4.78 is 5.55. The van der Waals surface area contributed by atoms with Gasteiger partial charge in [0.2, 0.25) is 0 Å². The molecular formula is C21H27NO3. The number of carbonyl (C=O) groups is 2. The lowest BCUT2D eigenvalue weighted by Gasteiger charge is -2.37. The Kier molecular flexibility index (Phi) is 5.51. The van der Waals surface area contributed by atoms with Gasteiger partial charge in [-0.1, -0.05) is 43.0 Å². The number of hydrogen-bond donors (Lipinski definition) is 0. The van der Waals surface area contributed by atoms with Crippen molar-refractivity contribution in [2.24, 2.45) is 0 Å². The second kappa shape index (κ2) is 7.26. The molecule has 1 aromatic rings. The molecule has 4 heteroatoms. The van der Waals surface area contributed by atoms with Crippen LogP contribution in [0.15, 0.2) is 43.5 Å². The van der Waals surface area contributed by atoms with E-state index in [1.807, 2.05) is 39.0 Å². The van der Waals surface area contributed by atoms with Crippen LogP contribution < -0.4 is 0 Å². The Morgan fingerprint density at radius 2 is 1.96 bits per heavy atom. The van der Waals surface area contributed by atoms with Gasteiger partial charge in [-0.25, -0.2) is 4.79 Å². The zero-order chi connectivity index (χ0) is 18.7. The van der Waals surface area contributed by atoms with Gasteiger partial charge in [-0.05, 0) is 45.6 Å². The van der Waals surface area contributed by atoms with E-state index in [1.165, 1.54) is 0 Å². The number of nitrogens with zero attached hydrogens (tertiary/aromatic N) is 1. The van der Waals surface area contributed by atoms with E-state index in [1.54, 1.807) is 23.1 Å². The Bertz CT molecular complexity index is 687. The molecule has 1 heterocycles. The van der Waals surface area contributed by atoms with Crippen LogP contribution >= 0.6 is 0 Å². The number of hydrogen-bond acceptors (Lipinski definition) is 3. The molecule has 25 heavy (non-hydrogen) atoms. The van der Waals surface area contributed by atoms with Gasteiger partial charge in [0.15, 0.2) is 5.78 Å². The Balaban J connectivity index is 2.46. The molecule has 0 aliphatic carbocycles. The largest absolute Gasteiger partial charge is 0.444 e. The molecule has 1 aliphatic heterocycles. The van der Waals surface area contributed by atoms with Crippen LogP contribution in [0.2, 0.25) is 0 Å². The van der Waals surface area contributed by atoms with Crippen molar-refractivity contribution in [3.63, 3.8) is 0 Å². The molecule has 1 aromatic carbocycles. The standard InChI is InChI=1S/C21H27NO3/c1-6-13-21(18(23)17-12-9-8-11-16(17)7-2)14-10-15-22(21)19(24)25-20(3,4)5/h6-9,11-12H,1-2,10,13-15H2,3-5H3/t21-/m1/s1. The van der Waals surface area contributed by atoms with E-state index in [4.69, 9.17) is 4.74 Å². The van der Waals surface area contributed by atoms with Gasteiger partial charge in [0.25, 0.3) is 0 Å². The number of ketones is 1. The first-order chi connectivity index (χ1) is 11.7. The lowest BCUT2D eigenvalue weighted by Crippen LogP contribution is -2.54. The minimum absolute atomic E-state index is 0.0775. The summed E-state index contributed by atoms with van der Waals surface area (Å²) in [7, 11) is 0. The van der Waals surface area contributed by atoms with E-state index in [0.717, 1.165) is 12.0 Å². The number of Topliss-reactive ketones (excluding diaryl/α,β-unsaturated/α-hetero) is 1. The molecule has 4 nitrogen and oxygen atoms in total. The molecule has 1 atom stereocenters. The number of carbonyl (C=O) groups excluding carboxylic acids is 2. The molecule has 0 saturated carbocycles. The zero-order valence-corrected chi connectivity index (χ0v) is 15.4. The van der Waals surface area contributed by atoms with Crippen LogP contribution in [-0.2, 0) is 4.74 Å². The van der Waals surface area contributed by atoms with Gasteiger partial charge in [0.1, 0.15) is 11.1 Å². The van der Waals surface area contributed by atoms with E-state index in [2.05, 4.69) is 13.2 Å². The third kappa shape index (κ3) is 3.84. The van der Waals surface area contributed by atoms with Crippen molar-refractivity contribution < 1.29 is 14.3 Å². The normalized spacial score (nSPS) is 20.2. The number of likely N-dealkylation sites (tertiary alicyclic amines) is 1. The van der Waals surface area contributed by atoms with Gasteiger partial charge < -0.3 is 4.74 Å². The number of ether oxygens (including phenoxy) is 1. The second-order valence-corrected chi connectivity index (χ2v) is 7.38. The summed E-state index contributed by atoms with van der Waals surface area (Å²) in [5.41, 5.74) is -0.202. The molecule has 1 saturated heterocycles. The minimum Gasteiger partial charge on any atom is -0.444 e. The molecule has 0 spiro atoms. The van der Waals surface area contributed by atoms with Gasteiger partial charge in [-0.3, -0.25) is 9.69 Å². The molecular weight excluding hydrogens is 314 g/mol. The van der Waals surface area contributed by atoms with Crippen molar-refractivity contribution in [3.05, 3.63) is 54.6 Å². The fraction of sp³-hybridized carbons (Fsp3) is 0.429. The van der Waals surface area contributed by atoms with Crippen molar-refractivity contribution in [2.45, 2.75) is 51.2 Å².